The quantitative estimate of drug-likeness (QED) is 0.442. The molecule has 0 fully saturated rings. The Morgan fingerprint density at radius 1 is 1.12 bits per heavy atom. The average Bonchev–Trinajstić information content (AvgIpc) is 3.44. The van der Waals surface area contributed by atoms with Gasteiger partial charge in [-0.1, -0.05) is 24.3 Å². The number of nitrogens with zero attached hydrogens (tertiary/aromatic N) is 2. The number of halogens is 1. The Balaban J connectivity index is 1.48. The second-order valence-electron chi connectivity index (χ2n) is 8.62. The molecule has 4 aromatic rings. The fraction of sp³-hybridized carbons (Fsp3) is 0.231. The third-order valence-electron chi connectivity index (χ3n) is 6.38. The van der Waals surface area contributed by atoms with Gasteiger partial charge in [-0.25, -0.2) is 4.39 Å². The van der Waals surface area contributed by atoms with Crippen LogP contribution in [0.4, 0.5) is 4.39 Å². The SMILES string of the molecule is COc1ccc(CN2C(=O)c3cc4ccsc4n3CC2(C)C(=O)NCc2ccc(F)cc2)cc1. The number of carbonyl (C=O) groups is 2. The van der Waals surface area contributed by atoms with Crippen molar-refractivity contribution >= 4 is 33.4 Å². The highest BCUT2D eigenvalue weighted by molar-refractivity contribution is 7.16. The van der Waals surface area contributed by atoms with E-state index in [0.717, 1.165) is 27.1 Å². The minimum absolute atomic E-state index is 0.190. The first-order valence-corrected chi connectivity index (χ1v) is 11.8. The number of benzene rings is 2. The van der Waals surface area contributed by atoms with Crippen molar-refractivity contribution in [2.45, 2.75) is 32.1 Å². The summed E-state index contributed by atoms with van der Waals surface area (Å²) in [7, 11) is 1.60. The summed E-state index contributed by atoms with van der Waals surface area (Å²) in [6.45, 7) is 2.66. The van der Waals surface area contributed by atoms with Crippen molar-refractivity contribution in [2.24, 2.45) is 0 Å². The summed E-state index contributed by atoms with van der Waals surface area (Å²) in [5, 5.41) is 5.94. The number of thiophene rings is 1. The van der Waals surface area contributed by atoms with Crippen LogP contribution in [0.15, 0.2) is 66.0 Å². The molecule has 0 radical (unpaired) electrons. The van der Waals surface area contributed by atoms with Crippen molar-refractivity contribution in [3.05, 3.63) is 88.7 Å². The molecule has 6 nitrogen and oxygen atoms in total. The van der Waals surface area contributed by atoms with Gasteiger partial charge >= 0.3 is 0 Å². The second-order valence-corrected chi connectivity index (χ2v) is 9.51. The van der Waals surface area contributed by atoms with Gasteiger partial charge in [0, 0.05) is 18.5 Å². The van der Waals surface area contributed by atoms with Crippen LogP contribution in [-0.2, 0) is 24.4 Å². The summed E-state index contributed by atoms with van der Waals surface area (Å²) in [6, 6.07) is 17.4. The van der Waals surface area contributed by atoms with Crippen molar-refractivity contribution in [3.8, 4) is 5.75 Å². The Morgan fingerprint density at radius 3 is 2.53 bits per heavy atom. The van der Waals surface area contributed by atoms with Crippen molar-refractivity contribution in [1.29, 1.82) is 0 Å². The molecule has 0 saturated heterocycles. The molecule has 5 rings (SSSR count). The first-order chi connectivity index (χ1) is 16.4. The number of carbonyl (C=O) groups excluding carboxylic acids is 2. The van der Waals surface area contributed by atoms with Crippen molar-refractivity contribution in [2.75, 3.05) is 7.11 Å². The molecular formula is C26H24FN3O3S. The lowest BCUT2D eigenvalue weighted by Crippen LogP contribution is -2.63. The summed E-state index contributed by atoms with van der Waals surface area (Å²) in [6.07, 6.45) is 0. The fourth-order valence-corrected chi connectivity index (χ4v) is 5.29. The standard InChI is InChI=1S/C26H24FN3O3S/c1-26(25(32)28-14-17-3-7-20(27)8-4-17)16-29-22(13-19-11-12-34-24(19)29)23(31)30(26)15-18-5-9-21(33-2)10-6-18/h3-13H,14-16H2,1-2H3,(H,28,32). The van der Waals surface area contributed by atoms with E-state index in [4.69, 9.17) is 4.74 Å². The molecule has 1 unspecified atom stereocenters. The van der Waals surface area contributed by atoms with Crippen LogP contribution in [0.1, 0.15) is 28.5 Å². The van der Waals surface area contributed by atoms with Crippen molar-refractivity contribution in [3.63, 3.8) is 0 Å². The van der Waals surface area contributed by atoms with Gasteiger partial charge in [-0.3, -0.25) is 9.59 Å². The van der Waals surface area contributed by atoms with E-state index in [0.29, 0.717) is 12.2 Å². The third kappa shape index (κ3) is 3.84. The van der Waals surface area contributed by atoms with E-state index in [-0.39, 0.29) is 30.7 Å². The van der Waals surface area contributed by atoms with Crippen molar-refractivity contribution < 1.29 is 18.7 Å². The van der Waals surface area contributed by atoms with E-state index >= 15 is 0 Å². The molecule has 174 valence electrons. The molecule has 2 amide bonds. The highest BCUT2D eigenvalue weighted by Crippen LogP contribution is 2.35. The van der Waals surface area contributed by atoms with E-state index in [1.54, 1.807) is 42.4 Å². The number of aromatic nitrogens is 1. The topological polar surface area (TPSA) is 63.6 Å². The Hall–Kier alpha value is -3.65. The van der Waals surface area contributed by atoms with Gasteiger partial charge in [-0.05, 0) is 59.8 Å². The van der Waals surface area contributed by atoms with Gasteiger partial charge in [0.05, 0.1) is 13.7 Å². The summed E-state index contributed by atoms with van der Waals surface area (Å²) >= 11 is 1.56. The molecule has 1 N–H and O–H groups in total. The van der Waals surface area contributed by atoms with E-state index < -0.39 is 5.54 Å². The maximum absolute atomic E-state index is 13.7. The molecule has 34 heavy (non-hydrogen) atoms. The van der Waals surface area contributed by atoms with Crippen LogP contribution >= 0.6 is 11.3 Å². The van der Waals surface area contributed by atoms with Gasteiger partial charge in [0.2, 0.25) is 5.91 Å². The Labute approximate surface area is 200 Å². The number of methoxy groups -OCH3 is 1. The van der Waals surface area contributed by atoms with Crippen LogP contribution in [0.5, 0.6) is 5.75 Å². The first-order valence-electron chi connectivity index (χ1n) is 10.9. The predicted octanol–water partition coefficient (Wildman–Crippen LogP) is 4.58. The summed E-state index contributed by atoms with van der Waals surface area (Å²) in [5.41, 5.74) is 1.14. The largest absolute Gasteiger partial charge is 0.497 e. The molecule has 2 aromatic carbocycles. The summed E-state index contributed by atoms with van der Waals surface area (Å²) in [4.78, 5) is 29.9. The van der Waals surface area contributed by atoms with Crippen LogP contribution in [0, 0.1) is 5.82 Å². The van der Waals surface area contributed by atoms with Crippen LogP contribution < -0.4 is 10.1 Å². The minimum atomic E-state index is -1.13. The smallest absolute Gasteiger partial charge is 0.271 e. The number of rotatable bonds is 6. The molecule has 0 saturated carbocycles. The molecule has 8 heteroatoms. The zero-order valence-corrected chi connectivity index (χ0v) is 19.7. The van der Waals surface area contributed by atoms with Gasteiger partial charge in [0.25, 0.3) is 5.91 Å². The average molecular weight is 478 g/mol. The third-order valence-corrected chi connectivity index (χ3v) is 7.34. The molecule has 0 aliphatic carbocycles. The van der Waals surface area contributed by atoms with E-state index in [2.05, 4.69) is 5.32 Å². The molecule has 0 bridgehead atoms. The Morgan fingerprint density at radius 2 is 1.82 bits per heavy atom. The van der Waals surface area contributed by atoms with Gasteiger partial charge in [-0.15, -0.1) is 11.3 Å². The molecule has 0 spiro atoms. The van der Waals surface area contributed by atoms with Gasteiger partial charge in [0.15, 0.2) is 0 Å². The number of hydrogen-bond donors (Lipinski definition) is 1. The molecule has 1 aliphatic rings. The predicted molar refractivity (Wildman–Crippen MR) is 129 cm³/mol. The summed E-state index contributed by atoms with van der Waals surface area (Å²) in [5.74, 6) is -0.0547. The Bertz CT molecular complexity index is 1360. The number of hydrogen-bond acceptors (Lipinski definition) is 4. The minimum Gasteiger partial charge on any atom is -0.497 e. The van der Waals surface area contributed by atoms with Crippen molar-refractivity contribution in [1.82, 2.24) is 14.8 Å². The Kier molecular flexibility index (Phi) is 5.61. The number of nitrogens with one attached hydrogen (secondary N) is 1. The first kappa shape index (κ1) is 22.2. The highest BCUT2D eigenvalue weighted by Gasteiger charge is 2.47. The lowest BCUT2D eigenvalue weighted by atomic mass is 9.93. The van der Waals surface area contributed by atoms with E-state index in [9.17, 15) is 14.0 Å². The number of ether oxygens (including phenoxy) is 1. The van der Waals surface area contributed by atoms with Crippen LogP contribution in [0.25, 0.3) is 10.2 Å². The molecule has 2 aromatic heterocycles. The monoisotopic (exact) mass is 477 g/mol. The maximum atomic E-state index is 13.7. The zero-order chi connectivity index (χ0) is 23.9. The zero-order valence-electron chi connectivity index (χ0n) is 18.9. The lowest BCUT2D eigenvalue weighted by molar-refractivity contribution is -0.133. The normalized spacial score (nSPS) is 17.6. The van der Waals surface area contributed by atoms with Crippen LogP contribution in [0.2, 0.25) is 0 Å². The van der Waals surface area contributed by atoms with Crippen LogP contribution in [-0.4, -0.2) is 33.9 Å². The fourth-order valence-electron chi connectivity index (χ4n) is 4.39. The summed E-state index contributed by atoms with van der Waals surface area (Å²) < 4.78 is 20.4. The number of amides is 2. The molecule has 1 atom stereocenters. The van der Waals surface area contributed by atoms with Gasteiger partial charge in [0.1, 0.15) is 27.6 Å². The lowest BCUT2D eigenvalue weighted by Gasteiger charge is -2.44. The van der Waals surface area contributed by atoms with Gasteiger partial charge in [-0.2, -0.15) is 0 Å². The molecule has 3 heterocycles. The van der Waals surface area contributed by atoms with Crippen LogP contribution in [0.3, 0.4) is 0 Å². The molecule has 1 aliphatic heterocycles. The maximum Gasteiger partial charge on any atom is 0.271 e. The van der Waals surface area contributed by atoms with Gasteiger partial charge < -0.3 is 19.5 Å². The number of fused-ring (bicyclic) bond motifs is 3. The van der Waals surface area contributed by atoms with E-state index in [1.807, 2.05) is 46.3 Å². The van der Waals surface area contributed by atoms with E-state index in [1.165, 1.54) is 12.1 Å². The second kappa shape index (κ2) is 8.61. The molecular weight excluding hydrogens is 453 g/mol. The highest BCUT2D eigenvalue weighted by atomic mass is 32.1.